The maximum Gasteiger partial charge on any atom is 0.247 e. The van der Waals surface area contributed by atoms with Gasteiger partial charge in [0.2, 0.25) is 11.8 Å². The predicted molar refractivity (Wildman–Crippen MR) is 111 cm³/mol. The average molecular weight is 403 g/mol. The van der Waals surface area contributed by atoms with Crippen LogP contribution < -0.4 is 10.1 Å². The number of aromatic nitrogens is 4. The molecule has 0 atom stereocenters. The van der Waals surface area contributed by atoms with Gasteiger partial charge in [-0.05, 0) is 30.7 Å². The molecule has 7 nitrogen and oxygen atoms in total. The van der Waals surface area contributed by atoms with Crippen molar-refractivity contribution in [2.75, 3.05) is 11.9 Å². The second-order valence-electron chi connectivity index (χ2n) is 6.44. The Morgan fingerprint density at radius 1 is 1.10 bits per heavy atom. The van der Waals surface area contributed by atoms with Crippen molar-refractivity contribution in [3.8, 4) is 17.1 Å². The van der Waals surface area contributed by atoms with Crippen LogP contribution in [0.1, 0.15) is 22.8 Å². The molecule has 4 aromatic rings. The quantitative estimate of drug-likeness (QED) is 0.466. The number of rotatable bonds is 7. The van der Waals surface area contributed by atoms with Crippen LogP contribution in [-0.2, 0) is 6.54 Å². The summed E-state index contributed by atoms with van der Waals surface area (Å²) in [7, 11) is 0. The van der Waals surface area contributed by atoms with Gasteiger partial charge in [-0.15, -0.1) is 0 Å². The van der Waals surface area contributed by atoms with Crippen molar-refractivity contribution in [1.82, 2.24) is 19.9 Å². The summed E-state index contributed by atoms with van der Waals surface area (Å²) >= 11 is 0. The number of benzene rings is 2. The largest absolute Gasteiger partial charge is 0.476 e. The van der Waals surface area contributed by atoms with Gasteiger partial charge in [0, 0.05) is 17.7 Å². The fourth-order valence-electron chi connectivity index (χ4n) is 2.89. The van der Waals surface area contributed by atoms with Gasteiger partial charge in [0.05, 0.1) is 18.5 Å². The van der Waals surface area contributed by atoms with Crippen LogP contribution >= 0.6 is 0 Å². The first-order valence-corrected chi connectivity index (χ1v) is 9.38. The molecule has 0 aliphatic carbocycles. The molecule has 2 aromatic heterocycles. The highest BCUT2D eigenvalue weighted by molar-refractivity contribution is 5.81. The molecule has 0 bridgehead atoms. The van der Waals surface area contributed by atoms with E-state index in [1.165, 1.54) is 12.1 Å². The third-order valence-electron chi connectivity index (χ3n) is 4.34. The summed E-state index contributed by atoms with van der Waals surface area (Å²) in [5.41, 5.74) is 3.59. The first kappa shape index (κ1) is 19.4. The third kappa shape index (κ3) is 4.22. The fraction of sp³-hybridized carbons (Fsp3) is 0.136. The van der Waals surface area contributed by atoms with Crippen molar-refractivity contribution < 1.29 is 13.9 Å². The standard InChI is InChI=1S/C22H18FN5O2/c1-2-30-21-19-20(24-12-18(26-19)16-5-3-4-15(10-16)13-29)27-22(28-21)25-11-14-6-8-17(23)9-7-14/h3-10,12-13H,2,11H2,1H3,(H,24,25,27,28). The second-order valence-corrected chi connectivity index (χ2v) is 6.44. The molecular formula is C22H18FN5O2. The van der Waals surface area contributed by atoms with Crippen LogP contribution in [0.3, 0.4) is 0 Å². The summed E-state index contributed by atoms with van der Waals surface area (Å²) in [6.45, 7) is 2.67. The first-order chi connectivity index (χ1) is 14.7. The predicted octanol–water partition coefficient (Wildman–Crippen LogP) is 4.05. The topological polar surface area (TPSA) is 89.9 Å². The highest BCUT2D eigenvalue weighted by Crippen LogP contribution is 2.25. The van der Waals surface area contributed by atoms with E-state index < -0.39 is 0 Å². The van der Waals surface area contributed by atoms with Gasteiger partial charge in [0.15, 0.2) is 11.2 Å². The molecule has 150 valence electrons. The normalized spacial score (nSPS) is 10.7. The van der Waals surface area contributed by atoms with E-state index in [0.29, 0.717) is 47.4 Å². The van der Waals surface area contributed by atoms with Crippen molar-refractivity contribution >= 4 is 23.4 Å². The molecule has 4 rings (SSSR count). The van der Waals surface area contributed by atoms with E-state index in [-0.39, 0.29) is 5.82 Å². The lowest BCUT2D eigenvalue weighted by atomic mass is 10.1. The number of carbonyl (C=O) groups is 1. The number of hydrogen-bond donors (Lipinski definition) is 1. The maximum atomic E-state index is 13.1. The summed E-state index contributed by atoms with van der Waals surface area (Å²) < 4.78 is 18.7. The molecule has 0 fully saturated rings. The Bertz CT molecular complexity index is 1200. The Labute approximate surface area is 172 Å². The van der Waals surface area contributed by atoms with Crippen molar-refractivity contribution in [1.29, 1.82) is 0 Å². The van der Waals surface area contributed by atoms with E-state index in [2.05, 4.69) is 25.3 Å². The van der Waals surface area contributed by atoms with E-state index >= 15 is 0 Å². The first-order valence-electron chi connectivity index (χ1n) is 9.38. The molecule has 0 spiro atoms. The van der Waals surface area contributed by atoms with Crippen LogP contribution in [0.4, 0.5) is 10.3 Å². The highest BCUT2D eigenvalue weighted by atomic mass is 19.1. The van der Waals surface area contributed by atoms with Gasteiger partial charge in [-0.1, -0.05) is 30.3 Å². The van der Waals surface area contributed by atoms with Crippen LogP contribution in [-0.4, -0.2) is 32.8 Å². The van der Waals surface area contributed by atoms with E-state index in [1.54, 1.807) is 36.5 Å². The Kier molecular flexibility index (Phi) is 5.56. The van der Waals surface area contributed by atoms with E-state index in [1.807, 2.05) is 13.0 Å². The lowest BCUT2D eigenvalue weighted by Gasteiger charge is -2.10. The monoisotopic (exact) mass is 403 g/mol. The van der Waals surface area contributed by atoms with Crippen molar-refractivity contribution in [3.63, 3.8) is 0 Å². The van der Waals surface area contributed by atoms with Crippen LogP contribution in [0.5, 0.6) is 5.88 Å². The molecule has 1 N–H and O–H groups in total. The van der Waals surface area contributed by atoms with Gasteiger partial charge >= 0.3 is 0 Å². The van der Waals surface area contributed by atoms with Gasteiger partial charge < -0.3 is 10.1 Å². The van der Waals surface area contributed by atoms with Crippen LogP contribution in [0, 0.1) is 5.82 Å². The third-order valence-corrected chi connectivity index (χ3v) is 4.34. The van der Waals surface area contributed by atoms with E-state index in [0.717, 1.165) is 17.4 Å². The van der Waals surface area contributed by atoms with Gasteiger partial charge in [0.1, 0.15) is 12.1 Å². The Morgan fingerprint density at radius 2 is 1.93 bits per heavy atom. The van der Waals surface area contributed by atoms with Crippen LogP contribution in [0.15, 0.2) is 54.7 Å². The zero-order chi connectivity index (χ0) is 20.9. The van der Waals surface area contributed by atoms with E-state index in [9.17, 15) is 9.18 Å². The number of nitrogens with one attached hydrogen (secondary N) is 1. The summed E-state index contributed by atoms with van der Waals surface area (Å²) in [6.07, 6.45) is 2.38. The minimum Gasteiger partial charge on any atom is -0.476 e. The Hall–Kier alpha value is -3.94. The summed E-state index contributed by atoms with van der Waals surface area (Å²) in [5, 5.41) is 3.10. The molecular weight excluding hydrogens is 385 g/mol. The van der Waals surface area contributed by atoms with Gasteiger partial charge in [-0.25, -0.2) is 14.4 Å². The smallest absolute Gasteiger partial charge is 0.247 e. The molecule has 0 aliphatic rings. The number of ether oxygens (including phenoxy) is 1. The number of fused-ring (bicyclic) bond motifs is 1. The zero-order valence-electron chi connectivity index (χ0n) is 16.2. The number of hydrogen-bond acceptors (Lipinski definition) is 7. The van der Waals surface area contributed by atoms with Crippen LogP contribution in [0.25, 0.3) is 22.4 Å². The second kappa shape index (κ2) is 8.60. The van der Waals surface area contributed by atoms with Crippen molar-refractivity contribution in [2.24, 2.45) is 0 Å². The minimum absolute atomic E-state index is 0.288. The number of aldehydes is 1. The van der Waals surface area contributed by atoms with Gasteiger partial charge in [0.25, 0.3) is 0 Å². The van der Waals surface area contributed by atoms with Gasteiger partial charge in [-0.3, -0.25) is 4.79 Å². The number of nitrogens with zero attached hydrogens (tertiary/aromatic N) is 4. The number of anilines is 1. The molecule has 0 saturated carbocycles. The molecule has 0 radical (unpaired) electrons. The molecule has 0 aliphatic heterocycles. The highest BCUT2D eigenvalue weighted by Gasteiger charge is 2.13. The SMILES string of the molecule is CCOc1nc(NCc2ccc(F)cc2)nc2ncc(-c3cccc(C=O)c3)nc12. The molecule has 30 heavy (non-hydrogen) atoms. The molecule has 0 unspecified atom stereocenters. The molecule has 0 amide bonds. The fourth-order valence-corrected chi connectivity index (χ4v) is 2.89. The average Bonchev–Trinajstić information content (AvgIpc) is 2.78. The molecule has 2 heterocycles. The maximum absolute atomic E-state index is 13.1. The molecule has 0 saturated heterocycles. The lowest BCUT2D eigenvalue weighted by Crippen LogP contribution is -2.07. The van der Waals surface area contributed by atoms with E-state index in [4.69, 9.17) is 4.74 Å². The van der Waals surface area contributed by atoms with Crippen LogP contribution in [0.2, 0.25) is 0 Å². The van der Waals surface area contributed by atoms with Crippen molar-refractivity contribution in [3.05, 3.63) is 71.7 Å². The molecule has 8 heteroatoms. The van der Waals surface area contributed by atoms with Gasteiger partial charge in [-0.2, -0.15) is 9.97 Å². The summed E-state index contributed by atoms with van der Waals surface area (Å²) in [6, 6.07) is 13.3. The number of halogens is 1. The lowest BCUT2D eigenvalue weighted by molar-refractivity contribution is 0.112. The zero-order valence-corrected chi connectivity index (χ0v) is 16.2. The van der Waals surface area contributed by atoms with Crippen molar-refractivity contribution in [2.45, 2.75) is 13.5 Å². The summed E-state index contributed by atoms with van der Waals surface area (Å²) in [4.78, 5) is 28.9. The Balaban J connectivity index is 1.67. The Morgan fingerprint density at radius 3 is 2.70 bits per heavy atom. The number of carbonyl (C=O) groups excluding carboxylic acids is 1. The molecule has 2 aromatic carbocycles. The minimum atomic E-state index is -0.288. The summed E-state index contributed by atoms with van der Waals surface area (Å²) in [5.74, 6) is 0.356.